The number of carbonyl (C=O) groups excluding carboxylic acids is 2. The lowest BCUT2D eigenvalue weighted by Gasteiger charge is -2.31. The molecule has 144 valence electrons. The van der Waals surface area contributed by atoms with Crippen LogP contribution in [0.5, 0.6) is 0 Å². The van der Waals surface area contributed by atoms with Gasteiger partial charge in [-0.25, -0.2) is 0 Å². The number of hydrogen-bond acceptors (Lipinski definition) is 2. The zero-order chi connectivity index (χ0) is 19.1. The minimum atomic E-state index is 0.0803. The number of benzene rings is 1. The highest BCUT2D eigenvalue weighted by Gasteiger charge is 2.26. The minimum Gasteiger partial charge on any atom is -0.349 e. The monoisotopic (exact) mass is 382 g/mol. The average Bonchev–Trinajstić information content (AvgIpc) is 2.59. The number of amides is 2. The third kappa shape index (κ3) is 6.27. The van der Waals surface area contributed by atoms with E-state index in [1.54, 1.807) is 0 Å². The van der Waals surface area contributed by atoms with Crippen LogP contribution in [0.3, 0.4) is 0 Å². The van der Waals surface area contributed by atoms with E-state index in [0.717, 1.165) is 23.7 Å². The van der Waals surface area contributed by atoms with E-state index in [9.17, 15) is 9.59 Å². The van der Waals surface area contributed by atoms with Crippen LogP contribution in [0.15, 0.2) is 24.3 Å². The maximum absolute atomic E-state index is 12.5. The summed E-state index contributed by atoms with van der Waals surface area (Å²) in [4.78, 5) is 27.5. The van der Waals surface area contributed by atoms with Gasteiger partial charge in [0.15, 0.2) is 13.1 Å². The topological polar surface area (TPSA) is 70.5 Å². The summed E-state index contributed by atoms with van der Waals surface area (Å²) in [6.07, 6.45) is 0. The maximum Gasteiger partial charge on any atom is 0.278 e. The summed E-state index contributed by atoms with van der Waals surface area (Å²) in [5.74, 6) is 0.228. The van der Waals surface area contributed by atoms with Crippen molar-refractivity contribution in [2.75, 3.05) is 39.3 Å². The van der Waals surface area contributed by atoms with Crippen LogP contribution in [0.1, 0.15) is 32.4 Å². The molecule has 0 saturated carbocycles. The van der Waals surface area contributed by atoms with Crippen LogP contribution in [0.25, 0.3) is 0 Å². The van der Waals surface area contributed by atoms with Gasteiger partial charge in [0.25, 0.3) is 11.8 Å². The summed E-state index contributed by atoms with van der Waals surface area (Å²) in [6.45, 7) is 9.92. The summed E-state index contributed by atoms with van der Waals surface area (Å²) >= 11 is 6.22. The standard InChI is InChI=1S/C19H29ClN4O2/c1-14(2)22-18(25)13-23-8-10-24(11-9-23)19(26)12-21-15(3)16-6-4-5-7-17(16)20/h4-7,14-15,21H,8-13H2,1-3H3,(H,22,25)/p+2/t15-/m0/s1. The first-order valence-electron chi connectivity index (χ1n) is 9.35. The van der Waals surface area contributed by atoms with Crippen molar-refractivity contribution in [1.29, 1.82) is 0 Å². The highest BCUT2D eigenvalue weighted by atomic mass is 35.5. The van der Waals surface area contributed by atoms with E-state index < -0.39 is 0 Å². The molecule has 1 aromatic rings. The minimum absolute atomic E-state index is 0.0803. The Kier molecular flexibility index (Phi) is 7.87. The fourth-order valence-corrected chi connectivity index (χ4v) is 3.54. The van der Waals surface area contributed by atoms with E-state index >= 15 is 0 Å². The molecule has 0 aromatic heterocycles. The summed E-state index contributed by atoms with van der Waals surface area (Å²) in [6, 6.07) is 8.05. The van der Waals surface area contributed by atoms with Crippen LogP contribution >= 0.6 is 11.6 Å². The van der Waals surface area contributed by atoms with Gasteiger partial charge in [-0.15, -0.1) is 0 Å². The lowest BCUT2D eigenvalue weighted by atomic mass is 10.1. The van der Waals surface area contributed by atoms with E-state index in [0.29, 0.717) is 26.2 Å². The van der Waals surface area contributed by atoms with E-state index in [2.05, 4.69) is 12.2 Å². The van der Waals surface area contributed by atoms with Gasteiger partial charge in [0.1, 0.15) is 6.04 Å². The predicted molar refractivity (Wildman–Crippen MR) is 102 cm³/mol. The second-order valence-corrected chi connectivity index (χ2v) is 7.69. The second kappa shape index (κ2) is 9.90. The molecule has 7 heteroatoms. The highest BCUT2D eigenvalue weighted by Crippen LogP contribution is 2.19. The fourth-order valence-electron chi connectivity index (χ4n) is 3.23. The Hall–Kier alpha value is -1.63. The molecule has 4 N–H and O–H groups in total. The fraction of sp³-hybridized carbons (Fsp3) is 0.579. The van der Waals surface area contributed by atoms with Crippen molar-refractivity contribution >= 4 is 23.4 Å². The number of nitrogens with zero attached hydrogens (tertiary/aromatic N) is 1. The van der Waals surface area contributed by atoms with Crippen molar-refractivity contribution < 1.29 is 19.8 Å². The zero-order valence-corrected chi connectivity index (χ0v) is 16.7. The van der Waals surface area contributed by atoms with Crippen LogP contribution in [0, 0.1) is 0 Å². The first-order chi connectivity index (χ1) is 12.4. The van der Waals surface area contributed by atoms with Gasteiger partial charge in [-0.05, 0) is 26.8 Å². The molecule has 1 heterocycles. The molecule has 1 atom stereocenters. The van der Waals surface area contributed by atoms with E-state index in [-0.39, 0.29) is 23.9 Å². The van der Waals surface area contributed by atoms with Crippen LogP contribution in [-0.4, -0.2) is 62.0 Å². The lowest BCUT2D eigenvalue weighted by Crippen LogP contribution is -3.16. The SMILES string of the molecule is CC(C)NC(=O)C[NH+]1CCN(C(=O)C[NH2+][C@@H](C)c2ccccc2Cl)CC1. The number of nitrogens with one attached hydrogen (secondary N) is 2. The van der Waals surface area contributed by atoms with Crippen molar-refractivity contribution in [2.45, 2.75) is 32.9 Å². The molecule has 0 radical (unpaired) electrons. The largest absolute Gasteiger partial charge is 0.349 e. The summed E-state index contributed by atoms with van der Waals surface area (Å²) < 4.78 is 0. The van der Waals surface area contributed by atoms with Crippen LogP contribution in [0.4, 0.5) is 0 Å². The number of hydrogen-bond donors (Lipinski definition) is 3. The van der Waals surface area contributed by atoms with Gasteiger partial charge in [-0.2, -0.15) is 0 Å². The number of quaternary nitrogens is 2. The molecule has 1 aromatic carbocycles. The number of rotatable bonds is 7. The quantitative estimate of drug-likeness (QED) is 0.579. The first kappa shape index (κ1) is 20.7. The summed E-state index contributed by atoms with van der Waals surface area (Å²) in [7, 11) is 0. The third-order valence-electron chi connectivity index (χ3n) is 4.73. The van der Waals surface area contributed by atoms with Gasteiger partial charge in [-0.3, -0.25) is 9.59 Å². The Balaban J connectivity index is 1.73. The maximum atomic E-state index is 12.5. The Labute approximate surface area is 160 Å². The first-order valence-corrected chi connectivity index (χ1v) is 9.73. The van der Waals surface area contributed by atoms with Crippen LogP contribution in [0.2, 0.25) is 5.02 Å². The van der Waals surface area contributed by atoms with Gasteiger partial charge in [0.05, 0.1) is 26.2 Å². The van der Waals surface area contributed by atoms with Crippen molar-refractivity contribution in [3.63, 3.8) is 0 Å². The van der Waals surface area contributed by atoms with Crippen molar-refractivity contribution in [1.82, 2.24) is 10.2 Å². The Morgan fingerprint density at radius 2 is 1.88 bits per heavy atom. The van der Waals surface area contributed by atoms with Gasteiger partial charge in [0, 0.05) is 16.6 Å². The number of nitrogens with two attached hydrogens (primary N) is 1. The predicted octanol–water partition coefficient (Wildman–Crippen LogP) is -0.784. The smallest absolute Gasteiger partial charge is 0.278 e. The second-order valence-electron chi connectivity index (χ2n) is 7.28. The van der Waals surface area contributed by atoms with Gasteiger partial charge in [0.2, 0.25) is 0 Å². The van der Waals surface area contributed by atoms with Crippen LogP contribution < -0.4 is 15.5 Å². The zero-order valence-electron chi connectivity index (χ0n) is 15.9. The Morgan fingerprint density at radius 1 is 1.23 bits per heavy atom. The van der Waals surface area contributed by atoms with E-state index in [1.165, 1.54) is 4.90 Å². The molecular formula is C19H31ClN4O2+2. The molecule has 6 nitrogen and oxygen atoms in total. The van der Waals surface area contributed by atoms with Crippen molar-refractivity contribution in [2.24, 2.45) is 0 Å². The summed E-state index contributed by atoms with van der Waals surface area (Å²) in [5.41, 5.74) is 1.05. The molecule has 2 rings (SSSR count). The van der Waals surface area contributed by atoms with Crippen molar-refractivity contribution in [3.8, 4) is 0 Å². The highest BCUT2D eigenvalue weighted by molar-refractivity contribution is 6.31. The molecule has 1 fully saturated rings. The number of carbonyl (C=O) groups is 2. The Bertz CT molecular complexity index is 615. The van der Waals surface area contributed by atoms with Crippen molar-refractivity contribution in [3.05, 3.63) is 34.9 Å². The van der Waals surface area contributed by atoms with Crippen LogP contribution in [-0.2, 0) is 9.59 Å². The van der Waals surface area contributed by atoms with E-state index in [1.807, 2.05) is 48.3 Å². The van der Waals surface area contributed by atoms with Gasteiger partial charge in [-0.1, -0.05) is 29.8 Å². The molecule has 2 amide bonds. The summed E-state index contributed by atoms with van der Waals surface area (Å²) in [5, 5.41) is 5.68. The molecule has 0 unspecified atom stereocenters. The molecule has 1 saturated heterocycles. The van der Waals surface area contributed by atoms with Gasteiger partial charge >= 0.3 is 0 Å². The molecule has 26 heavy (non-hydrogen) atoms. The molecule has 1 aliphatic heterocycles. The van der Waals surface area contributed by atoms with E-state index in [4.69, 9.17) is 11.6 Å². The molecular weight excluding hydrogens is 352 g/mol. The molecule has 0 spiro atoms. The normalized spacial score (nSPS) is 16.6. The molecule has 0 aliphatic carbocycles. The molecule has 0 bridgehead atoms. The van der Waals surface area contributed by atoms with Gasteiger partial charge < -0.3 is 20.4 Å². The number of halogens is 1. The lowest BCUT2D eigenvalue weighted by molar-refractivity contribution is -0.896. The average molecular weight is 383 g/mol. The number of piperazine rings is 1. The molecule has 1 aliphatic rings. The third-order valence-corrected chi connectivity index (χ3v) is 5.07. The Morgan fingerprint density at radius 3 is 2.50 bits per heavy atom.